The first-order valence-electron chi connectivity index (χ1n) is 9.24. The summed E-state index contributed by atoms with van der Waals surface area (Å²) in [6.07, 6.45) is 0.823. The van der Waals surface area contributed by atoms with Gasteiger partial charge in [0.1, 0.15) is 0 Å². The van der Waals surface area contributed by atoms with Gasteiger partial charge in [-0.2, -0.15) is 0 Å². The Bertz CT molecular complexity index is 1240. The van der Waals surface area contributed by atoms with Crippen LogP contribution in [0.3, 0.4) is 0 Å². The van der Waals surface area contributed by atoms with Crippen LogP contribution in [0.4, 0.5) is 0 Å². The number of aromatic nitrogens is 3. The maximum atomic E-state index is 13.1. The Morgan fingerprint density at radius 2 is 2.11 bits per heavy atom. The van der Waals surface area contributed by atoms with Crippen molar-refractivity contribution in [3.05, 3.63) is 79.7 Å². The molecule has 2 aromatic heterocycles. The lowest BCUT2D eigenvalue weighted by Crippen LogP contribution is -2.32. The predicted molar refractivity (Wildman–Crippen MR) is 114 cm³/mol. The van der Waals surface area contributed by atoms with Crippen molar-refractivity contribution < 1.29 is 0 Å². The molecule has 0 fully saturated rings. The fourth-order valence-corrected chi connectivity index (χ4v) is 4.87. The number of aryl methyl sites for hydroxylation is 1. The second-order valence-corrected chi connectivity index (χ2v) is 8.79. The Morgan fingerprint density at radius 3 is 2.96 bits per heavy atom. The molecule has 1 aliphatic heterocycles. The lowest BCUT2D eigenvalue weighted by Gasteiger charge is -2.26. The molecule has 0 spiro atoms. The van der Waals surface area contributed by atoms with Gasteiger partial charge in [0.25, 0.3) is 5.56 Å². The van der Waals surface area contributed by atoms with Gasteiger partial charge in [0, 0.05) is 36.8 Å². The van der Waals surface area contributed by atoms with Gasteiger partial charge in [0.2, 0.25) is 0 Å². The number of aromatic amines is 1. The maximum absolute atomic E-state index is 13.1. The number of thiazole rings is 1. The van der Waals surface area contributed by atoms with Crippen LogP contribution in [0.2, 0.25) is 5.02 Å². The Balaban J connectivity index is 1.46. The molecule has 5 nitrogen and oxygen atoms in total. The van der Waals surface area contributed by atoms with Crippen molar-refractivity contribution in [3.63, 3.8) is 0 Å². The van der Waals surface area contributed by atoms with Gasteiger partial charge in [0.05, 0.1) is 26.5 Å². The molecule has 28 heavy (non-hydrogen) atoms. The molecule has 0 bridgehead atoms. The van der Waals surface area contributed by atoms with Gasteiger partial charge in [0.15, 0.2) is 0 Å². The van der Waals surface area contributed by atoms with E-state index in [9.17, 15) is 4.79 Å². The first-order chi connectivity index (χ1) is 13.6. The van der Waals surface area contributed by atoms with E-state index >= 15 is 0 Å². The van der Waals surface area contributed by atoms with E-state index in [-0.39, 0.29) is 5.56 Å². The summed E-state index contributed by atoms with van der Waals surface area (Å²) in [5, 5.41) is 5.12. The van der Waals surface area contributed by atoms with Gasteiger partial charge >= 0.3 is 0 Å². The minimum Gasteiger partial charge on any atom is -0.295 e. The summed E-state index contributed by atoms with van der Waals surface area (Å²) in [6.45, 7) is 4.27. The molecule has 4 aromatic rings. The molecule has 0 aliphatic carbocycles. The minimum atomic E-state index is 0.0273. The number of hydrogen-bond donors (Lipinski definition) is 1. The number of nitrogens with zero attached hydrogens (tertiary/aromatic N) is 3. The van der Waals surface area contributed by atoms with Crippen molar-refractivity contribution in [2.75, 3.05) is 6.54 Å². The second kappa shape index (κ2) is 6.88. The Labute approximate surface area is 171 Å². The van der Waals surface area contributed by atoms with Crippen molar-refractivity contribution in [3.8, 4) is 5.69 Å². The molecule has 0 unspecified atom stereocenters. The van der Waals surface area contributed by atoms with Crippen LogP contribution in [0.25, 0.3) is 15.9 Å². The van der Waals surface area contributed by atoms with Crippen molar-refractivity contribution >= 4 is 33.2 Å². The van der Waals surface area contributed by atoms with Crippen LogP contribution in [0, 0.1) is 6.92 Å². The highest BCUT2D eigenvalue weighted by Crippen LogP contribution is 2.25. The van der Waals surface area contributed by atoms with Crippen LogP contribution in [0.15, 0.2) is 47.3 Å². The van der Waals surface area contributed by atoms with Gasteiger partial charge in [-0.1, -0.05) is 29.8 Å². The summed E-state index contributed by atoms with van der Waals surface area (Å²) in [7, 11) is 0. The van der Waals surface area contributed by atoms with E-state index in [1.54, 1.807) is 16.0 Å². The van der Waals surface area contributed by atoms with Gasteiger partial charge in [-0.25, -0.2) is 9.67 Å². The van der Waals surface area contributed by atoms with Gasteiger partial charge in [-0.05, 0) is 36.8 Å². The molecule has 0 saturated carbocycles. The quantitative estimate of drug-likeness (QED) is 0.548. The highest BCUT2D eigenvalue weighted by Gasteiger charge is 2.23. The number of nitrogens with one attached hydrogen (secondary N) is 1. The van der Waals surface area contributed by atoms with Gasteiger partial charge < -0.3 is 0 Å². The SMILES string of the molecule is Cc1nc2ccc(-n3[nH]c4c(c3=O)CN(Cc3ccccc3Cl)CC4)cc2s1. The summed E-state index contributed by atoms with van der Waals surface area (Å²) in [4.78, 5) is 19.9. The zero-order chi connectivity index (χ0) is 19.3. The lowest BCUT2D eigenvalue weighted by atomic mass is 10.1. The number of hydrogen-bond acceptors (Lipinski definition) is 4. The van der Waals surface area contributed by atoms with Gasteiger partial charge in [-0.3, -0.25) is 14.8 Å². The highest BCUT2D eigenvalue weighted by atomic mass is 35.5. The molecule has 0 radical (unpaired) electrons. The molecule has 1 aliphatic rings. The zero-order valence-corrected chi connectivity index (χ0v) is 17.0. The van der Waals surface area contributed by atoms with E-state index in [2.05, 4.69) is 15.0 Å². The van der Waals surface area contributed by atoms with Crippen LogP contribution in [0.1, 0.15) is 21.8 Å². The molecule has 0 atom stereocenters. The van der Waals surface area contributed by atoms with Crippen LogP contribution in [-0.2, 0) is 19.5 Å². The lowest BCUT2D eigenvalue weighted by molar-refractivity contribution is 0.244. The Kier molecular flexibility index (Phi) is 4.34. The number of fused-ring (bicyclic) bond motifs is 2. The molecule has 3 heterocycles. The first-order valence-corrected chi connectivity index (χ1v) is 10.4. The van der Waals surface area contributed by atoms with E-state index < -0.39 is 0 Å². The van der Waals surface area contributed by atoms with Crippen LogP contribution in [0.5, 0.6) is 0 Å². The fraction of sp³-hybridized carbons (Fsp3) is 0.238. The zero-order valence-electron chi connectivity index (χ0n) is 15.4. The molecular formula is C21H19ClN4OS. The average Bonchev–Trinajstić information content (AvgIpc) is 3.22. The Hall–Kier alpha value is -2.41. The number of H-pyrrole nitrogens is 1. The van der Waals surface area contributed by atoms with E-state index in [0.717, 1.165) is 62.3 Å². The largest absolute Gasteiger partial charge is 0.295 e. The molecule has 1 N–H and O–H groups in total. The summed E-state index contributed by atoms with van der Waals surface area (Å²) >= 11 is 7.95. The predicted octanol–water partition coefficient (Wildman–Crippen LogP) is 4.30. The molecule has 0 saturated heterocycles. The van der Waals surface area contributed by atoms with E-state index in [0.29, 0.717) is 6.54 Å². The van der Waals surface area contributed by atoms with Crippen molar-refractivity contribution in [2.24, 2.45) is 0 Å². The summed E-state index contributed by atoms with van der Waals surface area (Å²) in [5.41, 5.74) is 4.82. The van der Waals surface area contributed by atoms with Crippen molar-refractivity contribution in [1.82, 2.24) is 19.7 Å². The van der Waals surface area contributed by atoms with Crippen LogP contribution >= 0.6 is 22.9 Å². The summed E-state index contributed by atoms with van der Waals surface area (Å²) in [5.74, 6) is 0. The molecule has 7 heteroatoms. The van der Waals surface area contributed by atoms with Crippen molar-refractivity contribution in [1.29, 1.82) is 0 Å². The molecular weight excluding hydrogens is 392 g/mol. The fourth-order valence-electron chi connectivity index (χ4n) is 3.81. The normalized spacial score (nSPS) is 14.5. The smallest absolute Gasteiger partial charge is 0.275 e. The number of halogens is 1. The molecule has 0 amide bonds. The van der Waals surface area contributed by atoms with E-state index in [4.69, 9.17) is 11.6 Å². The summed E-state index contributed by atoms with van der Waals surface area (Å²) < 4.78 is 2.76. The number of rotatable bonds is 3. The van der Waals surface area contributed by atoms with Crippen LogP contribution < -0.4 is 5.56 Å². The summed E-state index contributed by atoms with van der Waals surface area (Å²) in [6, 6.07) is 13.8. The Morgan fingerprint density at radius 1 is 1.25 bits per heavy atom. The van der Waals surface area contributed by atoms with E-state index in [1.807, 2.05) is 49.4 Å². The highest BCUT2D eigenvalue weighted by molar-refractivity contribution is 7.18. The third kappa shape index (κ3) is 3.07. The maximum Gasteiger partial charge on any atom is 0.275 e. The molecule has 5 rings (SSSR count). The average molecular weight is 411 g/mol. The van der Waals surface area contributed by atoms with Crippen molar-refractivity contribution in [2.45, 2.75) is 26.4 Å². The number of benzene rings is 2. The monoisotopic (exact) mass is 410 g/mol. The standard InChI is InChI=1S/C21H19ClN4OS/c1-13-23-19-7-6-15(10-20(19)28-13)26-21(27)16-12-25(9-8-18(16)24-26)11-14-4-2-3-5-17(14)22/h2-7,10,24H,8-9,11-12H2,1H3. The first kappa shape index (κ1) is 17.7. The molecule has 2 aromatic carbocycles. The topological polar surface area (TPSA) is 53.9 Å². The van der Waals surface area contributed by atoms with Gasteiger partial charge in [-0.15, -0.1) is 11.3 Å². The third-order valence-electron chi connectivity index (χ3n) is 5.22. The molecule has 142 valence electrons. The minimum absolute atomic E-state index is 0.0273. The van der Waals surface area contributed by atoms with Crippen LogP contribution in [-0.4, -0.2) is 26.2 Å². The third-order valence-corrected chi connectivity index (χ3v) is 6.52. The van der Waals surface area contributed by atoms with E-state index in [1.165, 1.54) is 0 Å². The second-order valence-electron chi connectivity index (χ2n) is 7.15.